The van der Waals surface area contributed by atoms with Gasteiger partial charge in [-0.3, -0.25) is 4.79 Å². The summed E-state index contributed by atoms with van der Waals surface area (Å²) in [5.41, 5.74) is 3.22. The Balaban J connectivity index is 1.92. The Labute approximate surface area is 139 Å². The summed E-state index contributed by atoms with van der Waals surface area (Å²) in [7, 11) is 0. The van der Waals surface area contributed by atoms with Crippen molar-refractivity contribution in [1.29, 1.82) is 0 Å². The number of halogens is 1. The third kappa shape index (κ3) is 2.55. The van der Waals surface area contributed by atoms with Gasteiger partial charge in [0.1, 0.15) is 5.56 Å². The molecule has 5 nitrogen and oxygen atoms in total. The lowest BCUT2D eigenvalue weighted by Gasteiger charge is -2.23. The number of amides is 1. The molecule has 0 atom stereocenters. The molecule has 23 heavy (non-hydrogen) atoms. The van der Waals surface area contributed by atoms with Crippen LogP contribution in [0.15, 0.2) is 18.2 Å². The van der Waals surface area contributed by atoms with E-state index in [9.17, 15) is 4.79 Å². The van der Waals surface area contributed by atoms with E-state index in [-0.39, 0.29) is 16.9 Å². The largest absolute Gasteiger partial charge is 0.434 e. The second-order valence-corrected chi connectivity index (χ2v) is 6.66. The first-order chi connectivity index (χ1) is 11.0. The predicted molar refractivity (Wildman–Crippen MR) is 87.4 cm³/mol. The minimum absolute atomic E-state index is 0.132. The average Bonchev–Trinajstić information content (AvgIpc) is 3.32. The number of nitrogens with zero attached hydrogens (tertiary/aromatic N) is 3. The first-order valence-electron chi connectivity index (χ1n) is 7.67. The summed E-state index contributed by atoms with van der Waals surface area (Å²) in [6.45, 7) is 4.68. The number of hydrogen-bond donors (Lipinski definition) is 0. The standard InChI is InChI=1S/C17H16ClN3O2/c1-9-5-10(2)15-13(6-9)21(8-11-3-4-11)17(22)12-7-14(18)19-20-16(12)23-15/h5-7,11H,3-4,8H2,1-2H3. The topological polar surface area (TPSA) is 55.3 Å². The van der Waals surface area contributed by atoms with Gasteiger partial charge in [-0.2, -0.15) is 0 Å². The molecule has 0 saturated heterocycles. The molecule has 1 aliphatic heterocycles. The Hall–Kier alpha value is -2.14. The fourth-order valence-electron chi connectivity index (χ4n) is 2.94. The van der Waals surface area contributed by atoms with Crippen LogP contribution in [0.3, 0.4) is 0 Å². The molecule has 1 saturated carbocycles. The molecular weight excluding hydrogens is 314 g/mol. The smallest absolute Gasteiger partial charge is 0.264 e. The molecule has 2 aliphatic rings. The Morgan fingerprint density at radius 1 is 1.26 bits per heavy atom. The lowest BCUT2D eigenvalue weighted by Crippen LogP contribution is -2.32. The zero-order chi connectivity index (χ0) is 16.1. The highest BCUT2D eigenvalue weighted by molar-refractivity contribution is 6.29. The van der Waals surface area contributed by atoms with E-state index in [2.05, 4.69) is 10.2 Å². The Morgan fingerprint density at radius 3 is 2.78 bits per heavy atom. The van der Waals surface area contributed by atoms with Crippen molar-refractivity contribution in [2.45, 2.75) is 26.7 Å². The van der Waals surface area contributed by atoms with Crippen LogP contribution >= 0.6 is 11.6 Å². The minimum Gasteiger partial charge on any atom is -0.434 e. The molecule has 1 amide bonds. The van der Waals surface area contributed by atoms with Crippen LogP contribution in [-0.2, 0) is 0 Å². The SMILES string of the molecule is Cc1cc(C)c2c(c1)N(CC1CC1)C(=O)c1cc(Cl)nnc1O2. The number of carbonyl (C=O) groups is 1. The molecule has 1 aromatic heterocycles. The molecule has 2 heterocycles. The zero-order valence-corrected chi connectivity index (χ0v) is 13.7. The summed E-state index contributed by atoms with van der Waals surface area (Å²) >= 11 is 5.93. The molecule has 0 N–H and O–H groups in total. The van der Waals surface area contributed by atoms with Gasteiger partial charge in [0.2, 0.25) is 0 Å². The quantitative estimate of drug-likeness (QED) is 0.838. The van der Waals surface area contributed by atoms with Gasteiger partial charge < -0.3 is 9.64 Å². The van der Waals surface area contributed by atoms with E-state index in [1.165, 1.54) is 6.07 Å². The van der Waals surface area contributed by atoms with Crippen LogP contribution in [0.4, 0.5) is 5.69 Å². The third-order valence-electron chi connectivity index (χ3n) is 4.23. The van der Waals surface area contributed by atoms with E-state index < -0.39 is 0 Å². The van der Waals surface area contributed by atoms with Gasteiger partial charge in [-0.1, -0.05) is 17.7 Å². The number of carbonyl (C=O) groups excluding carboxylic acids is 1. The van der Waals surface area contributed by atoms with Crippen LogP contribution < -0.4 is 9.64 Å². The summed E-state index contributed by atoms with van der Waals surface area (Å²) in [6.07, 6.45) is 2.32. The first-order valence-corrected chi connectivity index (χ1v) is 8.05. The normalized spacial score (nSPS) is 16.5. The van der Waals surface area contributed by atoms with Gasteiger partial charge in [-0.05, 0) is 55.9 Å². The number of benzene rings is 1. The van der Waals surface area contributed by atoms with Crippen molar-refractivity contribution in [1.82, 2.24) is 10.2 Å². The number of anilines is 1. The van der Waals surface area contributed by atoms with Gasteiger partial charge in [0.05, 0.1) is 5.69 Å². The molecule has 1 aliphatic carbocycles. The van der Waals surface area contributed by atoms with Gasteiger partial charge in [0.15, 0.2) is 10.9 Å². The van der Waals surface area contributed by atoms with E-state index in [0.717, 1.165) is 29.7 Å². The number of rotatable bonds is 2. The zero-order valence-electron chi connectivity index (χ0n) is 13.0. The molecule has 2 aromatic rings. The van der Waals surface area contributed by atoms with Crippen LogP contribution in [-0.4, -0.2) is 22.6 Å². The highest BCUT2D eigenvalue weighted by atomic mass is 35.5. The summed E-state index contributed by atoms with van der Waals surface area (Å²) in [6, 6.07) is 5.55. The molecule has 0 unspecified atom stereocenters. The average molecular weight is 330 g/mol. The molecule has 1 aromatic carbocycles. The van der Waals surface area contributed by atoms with Crippen molar-refractivity contribution in [3.63, 3.8) is 0 Å². The van der Waals surface area contributed by atoms with Crippen molar-refractivity contribution in [3.05, 3.63) is 40.0 Å². The second kappa shape index (κ2) is 5.20. The van der Waals surface area contributed by atoms with Crippen molar-refractivity contribution < 1.29 is 9.53 Å². The molecule has 0 bridgehead atoms. The number of ether oxygens (including phenoxy) is 1. The van der Waals surface area contributed by atoms with Gasteiger partial charge >= 0.3 is 0 Å². The molecule has 6 heteroatoms. The van der Waals surface area contributed by atoms with Crippen molar-refractivity contribution in [2.24, 2.45) is 5.92 Å². The summed E-state index contributed by atoms with van der Waals surface area (Å²) < 4.78 is 5.95. The maximum absolute atomic E-state index is 13.1. The van der Waals surface area contributed by atoms with Crippen LogP contribution in [0.2, 0.25) is 5.15 Å². The molecule has 4 rings (SSSR count). The van der Waals surface area contributed by atoms with Gasteiger partial charge in [-0.25, -0.2) is 0 Å². The van der Waals surface area contributed by atoms with Crippen LogP contribution in [0.25, 0.3) is 0 Å². The van der Waals surface area contributed by atoms with Crippen LogP contribution in [0, 0.1) is 19.8 Å². The van der Waals surface area contributed by atoms with Crippen molar-refractivity contribution in [2.75, 3.05) is 11.4 Å². The lowest BCUT2D eigenvalue weighted by atomic mass is 10.1. The fourth-order valence-corrected chi connectivity index (χ4v) is 3.09. The predicted octanol–water partition coefficient (Wildman–Crippen LogP) is 3.91. The Morgan fingerprint density at radius 2 is 2.04 bits per heavy atom. The molecule has 118 valence electrons. The fraction of sp³-hybridized carbons (Fsp3) is 0.353. The number of hydrogen-bond acceptors (Lipinski definition) is 4. The van der Waals surface area contributed by atoms with Crippen LogP contribution in [0.5, 0.6) is 11.6 Å². The molecule has 1 fully saturated rings. The Bertz CT molecular complexity index is 818. The molecular formula is C17H16ClN3O2. The third-order valence-corrected chi connectivity index (χ3v) is 4.42. The van der Waals surface area contributed by atoms with Crippen molar-refractivity contribution in [3.8, 4) is 11.6 Å². The minimum atomic E-state index is -0.132. The van der Waals surface area contributed by atoms with Crippen LogP contribution in [0.1, 0.15) is 34.3 Å². The maximum atomic E-state index is 13.1. The number of aromatic nitrogens is 2. The Kier molecular flexibility index (Phi) is 3.27. The lowest BCUT2D eigenvalue weighted by molar-refractivity contribution is 0.0985. The molecule has 0 spiro atoms. The van der Waals surface area contributed by atoms with E-state index in [4.69, 9.17) is 16.3 Å². The first kappa shape index (κ1) is 14.5. The molecule has 0 radical (unpaired) electrons. The van der Waals surface area contributed by atoms with E-state index >= 15 is 0 Å². The number of aryl methyl sites for hydroxylation is 2. The highest BCUT2D eigenvalue weighted by Gasteiger charge is 2.34. The summed E-state index contributed by atoms with van der Waals surface area (Å²) in [5, 5.41) is 7.96. The van der Waals surface area contributed by atoms with E-state index in [0.29, 0.717) is 23.8 Å². The summed E-state index contributed by atoms with van der Waals surface area (Å²) in [4.78, 5) is 14.9. The second-order valence-electron chi connectivity index (χ2n) is 6.28. The van der Waals surface area contributed by atoms with Gasteiger partial charge in [-0.15, -0.1) is 10.2 Å². The maximum Gasteiger partial charge on any atom is 0.264 e. The van der Waals surface area contributed by atoms with E-state index in [1.807, 2.05) is 26.0 Å². The highest BCUT2D eigenvalue weighted by Crippen LogP contribution is 2.43. The summed E-state index contributed by atoms with van der Waals surface area (Å²) in [5.74, 6) is 1.30. The van der Waals surface area contributed by atoms with Gasteiger partial charge in [0.25, 0.3) is 11.8 Å². The monoisotopic (exact) mass is 329 g/mol. The van der Waals surface area contributed by atoms with Crippen molar-refractivity contribution >= 4 is 23.2 Å². The van der Waals surface area contributed by atoms with Gasteiger partial charge in [0, 0.05) is 6.54 Å². The number of fused-ring (bicyclic) bond motifs is 2. The van der Waals surface area contributed by atoms with E-state index in [1.54, 1.807) is 4.90 Å².